The molecule has 0 radical (unpaired) electrons. The first-order chi connectivity index (χ1) is 10.7. The molecule has 1 aromatic heterocycles. The van der Waals surface area contributed by atoms with Crippen LogP contribution in [-0.2, 0) is 0 Å². The molecule has 2 heteroatoms. The summed E-state index contributed by atoms with van der Waals surface area (Å²) in [5, 5.41) is 0.951. The number of fused-ring (bicyclic) bond motifs is 1. The van der Waals surface area contributed by atoms with Crippen LogP contribution in [-0.4, -0.2) is 0 Å². The maximum absolute atomic E-state index is 10.7. The molecule has 0 fully saturated rings. The lowest BCUT2D eigenvalue weighted by Gasteiger charge is -1.91. The van der Waals surface area contributed by atoms with E-state index in [0.29, 0.717) is 5.58 Å². The molecule has 22 heavy (non-hydrogen) atoms. The van der Waals surface area contributed by atoms with Crippen LogP contribution >= 0.6 is 0 Å². The lowest BCUT2D eigenvalue weighted by atomic mass is 10.2. The highest BCUT2D eigenvalue weighted by molar-refractivity contribution is 5.75. The van der Waals surface area contributed by atoms with Crippen LogP contribution in [0.5, 0.6) is 0 Å². The van der Waals surface area contributed by atoms with Crippen molar-refractivity contribution in [3.8, 4) is 0 Å². The second-order valence-electron chi connectivity index (χ2n) is 4.00. The Hall–Kier alpha value is -1.57. The monoisotopic (exact) mass is 308 g/mol. The summed E-state index contributed by atoms with van der Waals surface area (Å²) in [6.07, 6.45) is 3.89. The van der Waals surface area contributed by atoms with Crippen LogP contribution in [0.2, 0.25) is 0 Å². The number of hydrogen-bond acceptors (Lipinski definition) is 2. The van der Waals surface area contributed by atoms with Gasteiger partial charge in [-0.25, -0.2) is 4.79 Å². The van der Waals surface area contributed by atoms with E-state index >= 15 is 0 Å². The molecule has 0 N–H and O–H groups in total. The molecule has 0 aliphatic rings. The van der Waals surface area contributed by atoms with Gasteiger partial charge < -0.3 is 4.42 Å². The van der Waals surface area contributed by atoms with Gasteiger partial charge in [0.1, 0.15) is 5.58 Å². The van der Waals surface area contributed by atoms with Crippen molar-refractivity contribution in [3.05, 3.63) is 46.8 Å². The molecule has 0 saturated carbocycles. The first-order valence-corrected chi connectivity index (χ1v) is 8.68. The van der Waals surface area contributed by atoms with Gasteiger partial charge in [-0.05, 0) is 12.1 Å². The second-order valence-corrected chi connectivity index (χ2v) is 4.00. The van der Waals surface area contributed by atoms with Crippen LogP contribution in [0.1, 0.15) is 74.7 Å². The molecule has 2 aromatic rings. The SMILES string of the molecule is CC.CC.CCC.CCCC.O=c1ccc2ccccc2o1. The predicted molar refractivity (Wildman–Crippen MR) is 102 cm³/mol. The van der Waals surface area contributed by atoms with Gasteiger partial charge in [0.2, 0.25) is 0 Å². The summed E-state index contributed by atoms with van der Waals surface area (Å²) in [4.78, 5) is 10.7. The van der Waals surface area contributed by atoms with Crippen molar-refractivity contribution in [1.29, 1.82) is 0 Å². The summed E-state index contributed by atoms with van der Waals surface area (Å²) in [6, 6.07) is 10.6. The molecule has 2 nitrogen and oxygen atoms in total. The van der Waals surface area contributed by atoms with Crippen LogP contribution in [0.25, 0.3) is 11.0 Å². The summed E-state index contributed by atoms with van der Waals surface area (Å²) in [5.74, 6) is 0. The number of rotatable bonds is 1. The van der Waals surface area contributed by atoms with Gasteiger partial charge in [0.25, 0.3) is 0 Å². The highest BCUT2D eigenvalue weighted by Gasteiger charge is 1.92. The molecule has 0 bridgehead atoms. The van der Waals surface area contributed by atoms with E-state index in [0.717, 1.165) is 5.39 Å². The average molecular weight is 309 g/mol. The zero-order valence-corrected chi connectivity index (χ0v) is 15.9. The van der Waals surface area contributed by atoms with Crippen molar-refractivity contribution in [1.82, 2.24) is 0 Å². The molecular formula is C20H36O2. The molecule has 0 aliphatic heterocycles. The van der Waals surface area contributed by atoms with Crippen molar-refractivity contribution in [2.24, 2.45) is 0 Å². The number of hydrogen-bond donors (Lipinski definition) is 0. The Labute approximate surface area is 137 Å². The van der Waals surface area contributed by atoms with Crippen molar-refractivity contribution < 1.29 is 4.42 Å². The molecule has 1 heterocycles. The van der Waals surface area contributed by atoms with Crippen LogP contribution in [0.4, 0.5) is 0 Å². The van der Waals surface area contributed by atoms with Gasteiger partial charge in [0.05, 0.1) is 0 Å². The third-order valence-corrected chi connectivity index (χ3v) is 2.03. The minimum absolute atomic E-state index is 0.302. The zero-order valence-electron chi connectivity index (χ0n) is 15.9. The summed E-state index contributed by atoms with van der Waals surface area (Å²) in [6.45, 7) is 16.6. The van der Waals surface area contributed by atoms with Crippen LogP contribution in [0, 0.1) is 0 Å². The first kappa shape index (κ1) is 25.4. The Bertz CT molecular complexity index is 470. The Morgan fingerprint density at radius 1 is 0.773 bits per heavy atom. The summed E-state index contributed by atoms with van der Waals surface area (Å²) in [5.41, 5.74) is 0.337. The third-order valence-electron chi connectivity index (χ3n) is 2.03. The van der Waals surface area contributed by atoms with E-state index in [1.54, 1.807) is 12.1 Å². The smallest absolute Gasteiger partial charge is 0.336 e. The quantitative estimate of drug-likeness (QED) is 0.527. The minimum Gasteiger partial charge on any atom is -0.423 e. The summed E-state index contributed by atoms with van der Waals surface area (Å²) < 4.78 is 4.91. The van der Waals surface area contributed by atoms with E-state index in [4.69, 9.17) is 4.42 Å². The second kappa shape index (κ2) is 21.7. The van der Waals surface area contributed by atoms with Gasteiger partial charge in [-0.2, -0.15) is 0 Å². The van der Waals surface area contributed by atoms with E-state index in [2.05, 4.69) is 27.7 Å². The van der Waals surface area contributed by atoms with Crippen molar-refractivity contribution in [2.75, 3.05) is 0 Å². The van der Waals surface area contributed by atoms with Gasteiger partial charge in [-0.15, -0.1) is 0 Å². The highest BCUT2D eigenvalue weighted by atomic mass is 16.4. The molecular weight excluding hydrogens is 272 g/mol. The Morgan fingerprint density at radius 2 is 1.23 bits per heavy atom. The zero-order chi connectivity index (χ0) is 17.8. The molecule has 0 amide bonds. The largest absolute Gasteiger partial charge is 0.423 e. The third kappa shape index (κ3) is 14.8. The van der Waals surface area contributed by atoms with Gasteiger partial charge in [-0.3, -0.25) is 0 Å². The molecule has 0 saturated heterocycles. The average Bonchev–Trinajstić information content (AvgIpc) is 2.59. The van der Waals surface area contributed by atoms with Crippen molar-refractivity contribution in [3.63, 3.8) is 0 Å². The fourth-order valence-electron chi connectivity index (χ4n) is 1.01. The van der Waals surface area contributed by atoms with Gasteiger partial charge in [0, 0.05) is 11.5 Å². The maximum atomic E-state index is 10.7. The van der Waals surface area contributed by atoms with E-state index in [-0.39, 0.29) is 5.63 Å². The van der Waals surface area contributed by atoms with Crippen LogP contribution in [0.3, 0.4) is 0 Å². The van der Waals surface area contributed by atoms with E-state index in [1.165, 1.54) is 25.3 Å². The normalized spacial score (nSPS) is 7.82. The van der Waals surface area contributed by atoms with E-state index in [1.807, 2.05) is 45.9 Å². The fourth-order valence-corrected chi connectivity index (χ4v) is 1.01. The summed E-state index contributed by atoms with van der Waals surface area (Å²) in [7, 11) is 0. The molecule has 0 unspecified atom stereocenters. The lowest BCUT2D eigenvalue weighted by Crippen LogP contribution is -1.93. The van der Waals surface area contributed by atoms with E-state index < -0.39 is 0 Å². The minimum atomic E-state index is -0.302. The van der Waals surface area contributed by atoms with Gasteiger partial charge in [-0.1, -0.05) is 92.9 Å². The summed E-state index contributed by atoms with van der Waals surface area (Å²) >= 11 is 0. The topological polar surface area (TPSA) is 30.2 Å². The molecule has 2 rings (SSSR count). The number of unbranched alkanes of at least 4 members (excludes halogenated alkanes) is 1. The standard InChI is InChI=1S/C9H6O2.C4H10.C3H8.2C2H6/c10-9-6-5-7-3-1-2-4-8(7)11-9;1-3-4-2;1-3-2;2*1-2/h1-6H;3-4H2,1-2H3;3H2,1-2H3;2*1-2H3. The van der Waals surface area contributed by atoms with Crippen molar-refractivity contribution in [2.45, 2.75) is 74.7 Å². The maximum Gasteiger partial charge on any atom is 0.336 e. The fraction of sp³-hybridized carbons (Fsp3) is 0.550. The van der Waals surface area contributed by atoms with Crippen LogP contribution < -0.4 is 5.63 Å². The number of para-hydroxylation sites is 1. The molecule has 0 spiro atoms. The Morgan fingerprint density at radius 3 is 1.68 bits per heavy atom. The lowest BCUT2D eigenvalue weighted by molar-refractivity contribution is 0.561. The highest BCUT2D eigenvalue weighted by Crippen LogP contribution is 2.08. The van der Waals surface area contributed by atoms with Gasteiger partial charge in [0.15, 0.2) is 0 Å². The van der Waals surface area contributed by atoms with E-state index in [9.17, 15) is 4.79 Å². The molecule has 128 valence electrons. The molecule has 0 aliphatic carbocycles. The predicted octanol–water partition coefficient (Wildman–Crippen LogP) is 7.07. The molecule has 0 atom stereocenters. The Balaban J connectivity index is -0.000000278. The van der Waals surface area contributed by atoms with Crippen LogP contribution in [0.15, 0.2) is 45.6 Å². The number of benzene rings is 1. The van der Waals surface area contributed by atoms with Gasteiger partial charge >= 0.3 is 5.63 Å². The van der Waals surface area contributed by atoms with Crippen molar-refractivity contribution >= 4 is 11.0 Å². The molecule has 1 aromatic carbocycles. The first-order valence-electron chi connectivity index (χ1n) is 8.68. The Kier molecular flexibility index (Phi) is 25.1.